The summed E-state index contributed by atoms with van der Waals surface area (Å²) in [6.45, 7) is 3.22. The van der Waals surface area contributed by atoms with Gasteiger partial charge in [-0.2, -0.15) is 0 Å². The molecule has 0 bridgehead atoms. The Labute approximate surface area is 184 Å². The summed E-state index contributed by atoms with van der Waals surface area (Å²) in [7, 11) is 0. The maximum Gasteiger partial charge on any atom is 0.328 e. The van der Waals surface area contributed by atoms with Crippen molar-refractivity contribution in [3.63, 3.8) is 0 Å². The Balaban J connectivity index is 1.45. The zero-order valence-corrected chi connectivity index (χ0v) is 17.4. The number of amides is 2. The van der Waals surface area contributed by atoms with Crippen LogP contribution in [-0.2, 0) is 0 Å². The Kier molecular flexibility index (Phi) is 5.20. The minimum atomic E-state index is -0.298. The lowest BCUT2D eigenvalue weighted by Crippen LogP contribution is -2.36. The molecule has 2 amide bonds. The number of anilines is 3. The normalized spacial score (nSPS) is 13.1. The minimum absolute atomic E-state index is 0.298. The van der Waals surface area contributed by atoms with Gasteiger partial charge in [0, 0.05) is 42.3 Å². The van der Waals surface area contributed by atoms with Crippen LogP contribution in [-0.4, -0.2) is 39.1 Å². The minimum Gasteiger partial charge on any atom is -0.444 e. The van der Waals surface area contributed by atoms with Gasteiger partial charge in [-0.1, -0.05) is 0 Å². The number of carbonyl (C=O) groups is 1. The van der Waals surface area contributed by atoms with Gasteiger partial charge in [0.1, 0.15) is 5.82 Å². The molecule has 1 aliphatic rings. The second kappa shape index (κ2) is 8.46. The van der Waals surface area contributed by atoms with Gasteiger partial charge in [0.05, 0.1) is 17.6 Å². The standard InChI is InChI=1S/C23H21N7O2/c1-15-11-16(5-8-25-15)18-3-4-19-22(28-18)30(10-2-7-26-19)23(31)29-21-12-17(6-9-27-21)20-13-24-14-32-20/h3-6,8-9,11-14,26H,2,7,10H2,1H3,(H,27,29,31). The van der Waals surface area contributed by atoms with Crippen LogP contribution in [0.4, 0.5) is 22.1 Å². The third-order valence-corrected chi connectivity index (χ3v) is 5.15. The number of pyridine rings is 3. The second-order valence-corrected chi connectivity index (χ2v) is 7.41. The number of oxazole rings is 1. The summed E-state index contributed by atoms with van der Waals surface area (Å²) < 4.78 is 5.34. The van der Waals surface area contributed by atoms with E-state index < -0.39 is 0 Å². The van der Waals surface area contributed by atoms with E-state index in [9.17, 15) is 4.79 Å². The molecule has 0 atom stereocenters. The summed E-state index contributed by atoms with van der Waals surface area (Å²) in [5, 5.41) is 6.25. The molecule has 0 radical (unpaired) electrons. The molecular weight excluding hydrogens is 406 g/mol. The molecule has 0 unspecified atom stereocenters. The van der Waals surface area contributed by atoms with Crippen LogP contribution in [0, 0.1) is 6.92 Å². The topological polar surface area (TPSA) is 109 Å². The lowest BCUT2D eigenvalue weighted by molar-refractivity contribution is 0.256. The van der Waals surface area contributed by atoms with Crippen LogP contribution < -0.4 is 15.5 Å². The van der Waals surface area contributed by atoms with Gasteiger partial charge in [0.2, 0.25) is 0 Å². The van der Waals surface area contributed by atoms with Gasteiger partial charge in [-0.3, -0.25) is 15.2 Å². The first-order valence-electron chi connectivity index (χ1n) is 10.3. The van der Waals surface area contributed by atoms with Crippen molar-refractivity contribution in [3.8, 4) is 22.6 Å². The van der Waals surface area contributed by atoms with Crippen molar-refractivity contribution in [1.29, 1.82) is 0 Å². The second-order valence-electron chi connectivity index (χ2n) is 7.41. The van der Waals surface area contributed by atoms with Crippen molar-refractivity contribution in [1.82, 2.24) is 19.9 Å². The fraction of sp³-hybridized carbons (Fsp3) is 0.174. The first-order valence-corrected chi connectivity index (χ1v) is 10.3. The summed E-state index contributed by atoms with van der Waals surface area (Å²) in [6, 6.07) is 11.0. The van der Waals surface area contributed by atoms with Crippen molar-refractivity contribution < 1.29 is 9.21 Å². The molecule has 5 heterocycles. The first-order chi connectivity index (χ1) is 15.7. The number of fused-ring (bicyclic) bond motifs is 1. The van der Waals surface area contributed by atoms with Crippen molar-refractivity contribution in [2.75, 3.05) is 28.6 Å². The summed E-state index contributed by atoms with van der Waals surface area (Å²) in [5.74, 6) is 1.60. The number of nitrogens with one attached hydrogen (secondary N) is 2. The van der Waals surface area contributed by atoms with Crippen LogP contribution in [0.3, 0.4) is 0 Å². The number of nitrogens with zero attached hydrogens (tertiary/aromatic N) is 5. The molecular formula is C23H21N7O2. The Bertz CT molecular complexity index is 1260. The molecule has 0 aromatic carbocycles. The maximum absolute atomic E-state index is 13.2. The molecule has 160 valence electrons. The fourth-order valence-corrected chi connectivity index (χ4v) is 3.61. The van der Waals surface area contributed by atoms with E-state index in [1.165, 1.54) is 6.39 Å². The Morgan fingerprint density at radius 3 is 2.84 bits per heavy atom. The quantitative estimate of drug-likeness (QED) is 0.500. The molecule has 0 saturated heterocycles. The molecule has 5 rings (SSSR count). The van der Waals surface area contributed by atoms with Gasteiger partial charge in [0.25, 0.3) is 0 Å². The van der Waals surface area contributed by atoms with E-state index >= 15 is 0 Å². The third kappa shape index (κ3) is 4.00. The molecule has 0 saturated carbocycles. The molecule has 9 nitrogen and oxygen atoms in total. The summed E-state index contributed by atoms with van der Waals surface area (Å²) in [5.41, 5.74) is 4.23. The number of hydrogen-bond acceptors (Lipinski definition) is 7. The van der Waals surface area contributed by atoms with Crippen molar-refractivity contribution in [2.45, 2.75) is 13.3 Å². The van der Waals surface area contributed by atoms with Crippen LogP contribution in [0.15, 0.2) is 65.8 Å². The SMILES string of the molecule is Cc1cc(-c2ccc3c(n2)N(C(=O)Nc2cc(-c4cnco4)ccn2)CCCN3)ccn1. The average molecular weight is 427 g/mol. The monoisotopic (exact) mass is 427 g/mol. The van der Waals surface area contributed by atoms with Crippen molar-refractivity contribution >= 4 is 23.4 Å². The lowest BCUT2D eigenvalue weighted by Gasteiger charge is -2.22. The third-order valence-electron chi connectivity index (χ3n) is 5.15. The first kappa shape index (κ1) is 19.7. The number of hydrogen-bond donors (Lipinski definition) is 2. The van der Waals surface area contributed by atoms with Gasteiger partial charge in [-0.25, -0.2) is 19.7 Å². The number of rotatable bonds is 3. The van der Waals surface area contributed by atoms with E-state index in [-0.39, 0.29) is 6.03 Å². The highest BCUT2D eigenvalue weighted by Crippen LogP contribution is 2.31. The smallest absolute Gasteiger partial charge is 0.328 e. The van der Waals surface area contributed by atoms with Crippen LogP contribution in [0.1, 0.15) is 12.1 Å². The van der Waals surface area contributed by atoms with E-state index in [1.807, 2.05) is 31.2 Å². The van der Waals surface area contributed by atoms with Crippen molar-refractivity contribution in [3.05, 3.63) is 67.1 Å². The highest BCUT2D eigenvalue weighted by molar-refractivity contribution is 6.03. The summed E-state index contributed by atoms with van der Waals surface area (Å²) in [6.07, 6.45) is 7.15. The molecule has 0 fully saturated rings. The van der Waals surface area contributed by atoms with Gasteiger partial charge >= 0.3 is 6.03 Å². The highest BCUT2D eigenvalue weighted by atomic mass is 16.3. The average Bonchev–Trinajstić information content (AvgIpc) is 3.26. The number of aryl methyl sites for hydroxylation is 1. The molecule has 2 N–H and O–H groups in total. The number of carbonyl (C=O) groups excluding carboxylic acids is 1. The zero-order valence-electron chi connectivity index (χ0n) is 17.4. The molecule has 0 spiro atoms. The highest BCUT2D eigenvalue weighted by Gasteiger charge is 2.24. The largest absolute Gasteiger partial charge is 0.444 e. The van der Waals surface area contributed by atoms with Crippen LogP contribution >= 0.6 is 0 Å². The zero-order chi connectivity index (χ0) is 21.9. The molecule has 1 aliphatic heterocycles. The van der Waals surface area contributed by atoms with E-state index in [0.29, 0.717) is 23.9 Å². The van der Waals surface area contributed by atoms with E-state index in [2.05, 4.69) is 25.6 Å². The van der Waals surface area contributed by atoms with E-state index in [0.717, 1.165) is 41.2 Å². The molecule has 32 heavy (non-hydrogen) atoms. The predicted molar refractivity (Wildman–Crippen MR) is 121 cm³/mol. The van der Waals surface area contributed by atoms with Gasteiger partial charge in [-0.05, 0) is 49.7 Å². The van der Waals surface area contributed by atoms with Crippen molar-refractivity contribution in [2.24, 2.45) is 0 Å². The maximum atomic E-state index is 13.2. The molecule has 4 aromatic rings. The number of urea groups is 1. The Morgan fingerprint density at radius 2 is 2.00 bits per heavy atom. The van der Waals surface area contributed by atoms with Gasteiger partial charge in [0.15, 0.2) is 18.0 Å². The summed E-state index contributed by atoms with van der Waals surface area (Å²) >= 11 is 0. The Morgan fingerprint density at radius 1 is 1.12 bits per heavy atom. The van der Waals surface area contributed by atoms with Gasteiger partial charge < -0.3 is 9.73 Å². The Hall–Kier alpha value is -4.27. The van der Waals surface area contributed by atoms with Gasteiger partial charge in [-0.15, -0.1) is 0 Å². The van der Waals surface area contributed by atoms with Crippen LogP contribution in [0.2, 0.25) is 0 Å². The molecule has 9 heteroatoms. The predicted octanol–water partition coefficient (Wildman–Crippen LogP) is 4.36. The van der Waals surface area contributed by atoms with Crippen LogP contribution in [0.25, 0.3) is 22.6 Å². The molecule has 4 aromatic heterocycles. The lowest BCUT2D eigenvalue weighted by atomic mass is 10.1. The van der Waals surface area contributed by atoms with E-state index in [1.54, 1.807) is 35.6 Å². The fourth-order valence-electron chi connectivity index (χ4n) is 3.61. The van der Waals surface area contributed by atoms with Crippen LogP contribution in [0.5, 0.6) is 0 Å². The number of aromatic nitrogens is 4. The van der Waals surface area contributed by atoms with E-state index in [4.69, 9.17) is 9.40 Å². The summed E-state index contributed by atoms with van der Waals surface area (Å²) in [4.78, 5) is 32.2. The molecule has 0 aliphatic carbocycles.